The fourth-order valence-electron chi connectivity index (χ4n) is 6.72. The summed E-state index contributed by atoms with van der Waals surface area (Å²) in [4.78, 5) is 49.8. The van der Waals surface area contributed by atoms with E-state index in [2.05, 4.69) is 20.4 Å². The molecule has 1 saturated heterocycles. The van der Waals surface area contributed by atoms with Crippen LogP contribution in [0, 0.1) is 19.3 Å². The second-order valence-corrected chi connectivity index (χ2v) is 12.2. The molecule has 11 heteroatoms. The van der Waals surface area contributed by atoms with Crippen molar-refractivity contribution in [2.24, 2.45) is 5.41 Å². The molecule has 3 aliphatic rings. The molecule has 2 aliphatic carbocycles. The summed E-state index contributed by atoms with van der Waals surface area (Å²) in [6.07, 6.45) is 5.70. The van der Waals surface area contributed by atoms with Crippen molar-refractivity contribution in [3.8, 4) is 11.1 Å². The normalized spacial score (nSPS) is 26.6. The Morgan fingerprint density at radius 2 is 1.80 bits per heavy atom. The van der Waals surface area contributed by atoms with Crippen LogP contribution in [0.1, 0.15) is 74.2 Å². The monoisotopic (exact) mass is 564 g/mol. The molecule has 41 heavy (non-hydrogen) atoms. The minimum absolute atomic E-state index is 0.124. The van der Waals surface area contributed by atoms with Gasteiger partial charge in [-0.1, -0.05) is 13.3 Å². The number of alkyl halides is 2. The van der Waals surface area contributed by atoms with Crippen LogP contribution >= 0.6 is 0 Å². The average molecular weight is 565 g/mol. The lowest BCUT2D eigenvalue weighted by atomic mass is 9.91. The van der Waals surface area contributed by atoms with Crippen LogP contribution in [0.25, 0.3) is 22.0 Å². The first-order chi connectivity index (χ1) is 19.4. The summed E-state index contributed by atoms with van der Waals surface area (Å²) in [5, 5.41) is 7.74. The smallest absolute Gasteiger partial charge is 0.267 e. The molecule has 0 unspecified atom stereocenters. The molecule has 3 heterocycles. The van der Waals surface area contributed by atoms with Gasteiger partial charge in [0.1, 0.15) is 24.1 Å². The number of carbonyl (C=O) groups excluding carboxylic acids is 3. The average Bonchev–Trinajstić information content (AvgIpc) is 3.26. The van der Waals surface area contributed by atoms with Gasteiger partial charge in [0, 0.05) is 42.7 Å². The number of rotatable bonds is 6. The van der Waals surface area contributed by atoms with Crippen LogP contribution in [0.5, 0.6) is 0 Å². The van der Waals surface area contributed by atoms with Crippen LogP contribution in [0.2, 0.25) is 0 Å². The summed E-state index contributed by atoms with van der Waals surface area (Å²) in [6, 6.07) is 1.65. The SMILES string of the molecule is CC(=O)c1nn(CC(=O)N2[C@H](C(=O)N[C@H]3CCCCC3(F)F)C[C@@]3(C)C[C@@H]23)c2c(C)cc(-c3cnc(C)nc3)cc12. The maximum atomic E-state index is 14.5. The number of halogens is 2. The van der Waals surface area contributed by atoms with E-state index in [1.54, 1.807) is 24.2 Å². The Kier molecular flexibility index (Phi) is 6.46. The number of hydrogen-bond acceptors (Lipinski definition) is 6. The summed E-state index contributed by atoms with van der Waals surface area (Å²) in [7, 11) is 0. The first kappa shape index (κ1) is 27.4. The predicted octanol–water partition coefficient (Wildman–Crippen LogP) is 4.39. The lowest BCUT2D eigenvalue weighted by Gasteiger charge is -2.34. The van der Waals surface area contributed by atoms with Gasteiger partial charge in [-0.15, -0.1) is 0 Å². The van der Waals surface area contributed by atoms with E-state index in [0.29, 0.717) is 36.0 Å². The van der Waals surface area contributed by atoms with Crippen LogP contribution in [-0.2, 0) is 16.1 Å². The zero-order valence-electron chi connectivity index (χ0n) is 23.7. The Balaban J connectivity index is 1.29. The molecule has 3 aromatic rings. The standard InChI is InChI=1S/C30H34F2N6O3/c1-16-9-19(20-13-33-18(3)34-14-20)10-21-26(17(2)39)36-37(27(16)21)15-25(40)38-22(11-29(4)12-24(29)38)28(41)35-23-7-5-6-8-30(23,31)32/h9-10,13-14,22-24H,5-8,11-12,15H2,1-4H3,(H,35,41)/t22-,23-,24+,29-/m0/s1. The van der Waals surface area contributed by atoms with Crippen molar-refractivity contribution >= 4 is 28.5 Å². The third-order valence-electron chi connectivity index (χ3n) is 9.07. The Hall–Kier alpha value is -3.76. The van der Waals surface area contributed by atoms with Crippen LogP contribution in [0.4, 0.5) is 8.78 Å². The molecule has 9 nitrogen and oxygen atoms in total. The number of carbonyl (C=O) groups is 3. The number of aryl methyl sites for hydroxylation is 2. The third kappa shape index (κ3) is 4.78. The number of hydrogen-bond donors (Lipinski definition) is 1. The maximum Gasteiger partial charge on any atom is 0.267 e. The van der Waals surface area contributed by atoms with Crippen molar-refractivity contribution in [1.82, 2.24) is 30.0 Å². The van der Waals surface area contributed by atoms with Crippen molar-refractivity contribution in [3.05, 3.63) is 41.6 Å². The first-order valence-electron chi connectivity index (χ1n) is 14.2. The molecule has 0 spiro atoms. The van der Waals surface area contributed by atoms with Crippen molar-refractivity contribution in [2.75, 3.05) is 0 Å². The van der Waals surface area contributed by atoms with E-state index in [-0.39, 0.29) is 48.2 Å². The molecular weight excluding hydrogens is 530 g/mol. The van der Waals surface area contributed by atoms with E-state index >= 15 is 0 Å². The zero-order valence-corrected chi connectivity index (χ0v) is 23.7. The Morgan fingerprint density at radius 1 is 1.07 bits per heavy atom. The van der Waals surface area contributed by atoms with Gasteiger partial charge in [-0.05, 0) is 68.2 Å². The highest BCUT2D eigenvalue weighted by Crippen LogP contribution is 2.59. The first-order valence-corrected chi connectivity index (χ1v) is 14.2. The second-order valence-electron chi connectivity index (χ2n) is 12.2. The van der Waals surface area contributed by atoms with Gasteiger partial charge in [0.15, 0.2) is 5.78 Å². The molecule has 6 rings (SSSR count). The minimum Gasteiger partial charge on any atom is -0.346 e. The summed E-state index contributed by atoms with van der Waals surface area (Å²) in [5.41, 5.74) is 3.13. The number of nitrogens with one attached hydrogen (secondary N) is 1. The lowest BCUT2D eigenvalue weighted by Crippen LogP contribution is -2.55. The highest BCUT2D eigenvalue weighted by Gasteiger charge is 2.64. The molecule has 1 aromatic carbocycles. The highest BCUT2D eigenvalue weighted by molar-refractivity contribution is 6.07. The molecule has 2 aromatic heterocycles. The molecule has 0 radical (unpaired) electrons. The molecule has 2 amide bonds. The molecule has 3 fully saturated rings. The molecular formula is C30H34F2N6O3. The quantitative estimate of drug-likeness (QED) is 0.445. The molecule has 0 bridgehead atoms. The number of nitrogens with zero attached hydrogens (tertiary/aromatic N) is 5. The van der Waals surface area contributed by atoms with Gasteiger partial charge in [0.2, 0.25) is 11.8 Å². The van der Waals surface area contributed by atoms with E-state index in [0.717, 1.165) is 23.1 Å². The second kappa shape index (κ2) is 9.66. The minimum atomic E-state index is -2.95. The summed E-state index contributed by atoms with van der Waals surface area (Å²) in [5.74, 6) is -3.38. The fourth-order valence-corrected chi connectivity index (χ4v) is 6.72. The van der Waals surface area contributed by atoms with E-state index in [1.807, 2.05) is 26.0 Å². The molecule has 2 saturated carbocycles. The summed E-state index contributed by atoms with van der Waals surface area (Å²) in [6.45, 7) is 6.98. The topological polar surface area (TPSA) is 110 Å². The van der Waals surface area contributed by atoms with Crippen molar-refractivity contribution < 1.29 is 23.2 Å². The summed E-state index contributed by atoms with van der Waals surface area (Å²) < 4.78 is 30.5. The van der Waals surface area contributed by atoms with Gasteiger partial charge in [-0.3, -0.25) is 19.1 Å². The largest absolute Gasteiger partial charge is 0.346 e. The van der Waals surface area contributed by atoms with Crippen LogP contribution in [-0.4, -0.2) is 66.3 Å². The Morgan fingerprint density at radius 3 is 2.49 bits per heavy atom. The number of piperidine rings is 1. The maximum absolute atomic E-state index is 14.5. The van der Waals surface area contributed by atoms with Crippen molar-refractivity contribution in [2.45, 2.75) is 96.8 Å². The Labute approximate surface area is 236 Å². The molecule has 216 valence electrons. The molecule has 1 N–H and O–H groups in total. The van der Waals surface area contributed by atoms with Gasteiger partial charge in [-0.2, -0.15) is 5.10 Å². The summed E-state index contributed by atoms with van der Waals surface area (Å²) >= 11 is 0. The van der Waals surface area contributed by atoms with E-state index in [4.69, 9.17) is 0 Å². The van der Waals surface area contributed by atoms with Crippen molar-refractivity contribution in [1.29, 1.82) is 0 Å². The van der Waals surface area contributed by atoms with E-state index < -0.39 is 23.9 Å². The third-order valence-corrected chi connectivity index (χ3v) is 9.07. The predicted molar refractivity (Wildman–Crippen MR) is 147 cm³/mol. The Bertz CT molecular complexity index is 1570. The van der Waals surface area contributed by atoms with Gasteiger partial charge < -0.3 is 10.2 Å². The van der Waals surface area contributed by atoms with Crippen LogP contribution < -0.4 is 5.32 Å². The van der Waals surface area contributed by atoms with Crippen LogP contribution in [0.15, 0.2) is 24.5 Å². The number of amides is 2. The lowest BCUT2D eigenvalue weighted by molar-refractivity contribution is -0.142. The van der Waals surface area contributed by atoms with Gasteiger partial charge >= 0.3 is 0 Å². The highest BCUT2D eigenvalue weighted by atomic mass is 19.3. The number of ketones is 1. The number of Topliss-reactive ketones (excluding diaryl/α,β-unsaturated/α-hetero) is 1. The molecule has 4 atom stereocenters. The van der Waals surface area contributed by atoms with E-state index in [1.165, 1.54) is 11.6 Å². The fraction of sp³-hybridized carbons (Fsp3) is 0.533. The number of likely N-dealkylation sites (tertiary alicyclic amines) is 1. The van der Waals surface area contributed by atoms with Gasteiger partial charge in [0.25, 0.3) is 5.92 Å². The van der Waals surface area contributed by atoms with Crippen molar-refractivity contribution in [3.63, 3.8) is 0 Å². The van der Waals surface area contributed by atoms with E-state index in [9.17, 15) is 23.2 Å². The number of benzene rings is 1. The van der Waals surface area contributed by atoms with Gasteiger partial charge in [0.05, 0.1) is 11.6 Å². The number of aromatic nitrogens is 4. The zero-order chi connectivity index (χ0) is 29.3. The number of fused-ring (bicyclic) bond motifs is 2. The van der Waals surface area contributed by atoms with Crippen LogP contribution in [0.3, 0.4) is 0 Å². The van der Waals surface area contributed by atoms with Gasteiger partial charge in [-0.25, -0.2) is 18.7 Å². The molecule has 1 aliphatic heterocycles.